The number of halogens is 3. The van der Waals surface area contributed by atoms with Crippen LogP contribution in [0.25, 0.3) is 0 Å². The number of carbonyl (C=O) groups is 1. The standard InChI is InChI=1S/C14H10Cl3N3O3/c15-9-4-11(17)12(5-10(9)16)22-7-13(21)23-20-14(18)8-2-1-3-19-6-8/h1-6H,7H2,(H2,18,20). The maximum atomic E-state index is 11.6. The van der Waals surface area contributed by atoms with Crippen molar-refractivity contribution in [2.45, 2.75) is 0 Å². The van der Waals surface area contributed by atoms with Gasteiger partial charge in [-0.15, -0.1) is 0 Å². The molecule has 0 radical (unpaired) electrons. The highest BCUT2D eigenvalue weighted by molar-refractivity contribution is 6.43. The number of nitrogens with zero attached hydrogens (tertiary/aromatic N) is 2. The molecule has 1 aromatic carbocycles. The van der Waals surface area contributed by atoms with Gasteiger partial charge in [0, 0.05) is 24.0 Å². The number of hydrogen-bond donors (Lipinski definition) is 1. The van der Waals surface area contributed by atoms with Crippen molar-refractivity contribution in [2.75, 3.05) is 6.61 Å². The van der Waals surface area contributed by atoms with Crippen LogP contribution in [0.2, 0.25) is 15.1 Å². The van der Waals surface area contributed by atoms with Gasteiger partial charge in [0.2, 0.25) is 0 Å². The normalized spacial score (nSPS) is 11.2. The summed E-state index contributed by atoms with van der Waals surface area (Å²) >= 11 is 17.5. The number of hydrogen-bond acceptors (Lipinski definition) is 5. The molecule has 6 nitrogen and oxygen atoms in total. The average molecular weight is 375 g/mol. The Kier molecular flexibility index (Phi) is 6.04. The first-order chi connectivity index (χ1) is 11.0. The molecule has 0 aliphatic rings. The largest absolute Gasteiger partial charge is 0.480 e. The average Bonchev–Trinajstić information content (AvgIpc) is 2.55. The highest BCUT2D eigenvalue weighted by Gasteiger charge is 2.11. The van der Waals surface area contributed by atoms with Crippen molar-refractivity contribution >= 4 is 46.6 Å². The summed E-state index contributed by atoms with van der Waals surface area (Å²) in [5.41, 5.74) is 6.17. The molecule has 1 aromatic heterocycles. The fourth-order valence-corrected chi connectivity index (χ4v) is 2.04. The summed E-state index contributed by atoms with van der Waals surface area (Å²) in [6, 6.07) is 6.15. The molecule has 1 heterocycles. The van der Waals surface area contributed by atoms with Gasteiger partial charge in [-0.1, -0.05) is 40.0 Å². The molecule has 2 rings (SSSR count). The van der Waals surface area contributed by atoms with Gasteiger partial charge >= 0.3 is 5.97 Å². The maximum absolute atomic E-state index is 11.6. The van der Waals surface area contributed by atoms with Crippen molar-refractivity contribution in [3.63, 3.8) is 0 Å². The van der Waals surface area contributed by atoms with Gasteiger partial charge in [-0.2, -0.15) is 0 Å². The second-order valence-electron chi connectivity index (χ2n) is 4.17. The molecule has 0 aliphatic heterocycles. The lowest BCUT2D eigenvalue weighted by atomic mass is 10.3. The minimum Gasteiger partial charge on any atom is -0.480 e. The van der Waals surface area contributed by atoms with Crippen LogP contribution in [-0.2, 0) is 9.63 Å². The van der Waals surface area contributed by atoms with Crippen molar-refractivity contribution in [3.05, 3.63) is 57.3 Å². The fraction of sp³-hybridized carbons (Fsp3) is 0.0714. The smallest absolute Gasteiger partial charge is 0.372 e. The predicted molar refractivity (Wildman–Crippen MR) is 88.0 cm³/mol. The molecule has 23 heavy (non-hydrogen) atoms. The van der Waals surface area contributed by atoms with E-state index in [0.717, 1.165) is 0 Å². The van der Waals surface area contributed by atoms with E-state index in [9.17, 15) is 4.79 Å². The Morgan fingerprint density at radius 1 is 1.22 bits per heavy atom. The highest BCUT2D eigenvalue weighted by Crippen LogP contribution is 2.33. The van der Waals surface area contributed by atoms with Crippen LogP contribution in [0.3, 0.4) is 0 Å². The molecule has 0 saturated heterocycles. The third-order valence-corrected chi connectivity index (χ3v) is 3.54. The molecule has 9 heteroatoms. The molecule has 2 aromatic rings. The van der Waals surface area contributed by atoms with E-state index in [1.54, 1.807) is 18.3 Å². The topological polar surface area (TPSA) is 86.8 Å². The van der Waals surface area contributed by atoms with Crippen LogP contribution in [0.5, 0.6) is 5.75 Å². The summed E-state index contributed by atoms with van der Waals surface area (Å²) in [7, 11) is 0. The molecule has 0 unspecified atom stereocenters. The van der Waals surface area contributed by atoms with E-state index in [1.165, 1.54) is 18.3 Å². The second kappa shape index (κ2) is 8.01. The number of carbonyl (C=O) groups excluding carboxylic acids is 1. The molecule has 0 atom stereocenters. The van der Waals surface area contributed by atoms with E-state index in [-0.39, 0.29) is 26.7 Å². The molecule has 0 aliphatic carbocycles. The van der Waals surface area contributed by atoms with Gasteiger partial charge in [0.1, 0.15) is 5.75 Å². The predicted octanol–water partition coefficient (Wildman–Crippen LogP) is 3.28. The molecule has 2 N–H and O–H groups in total. The lowest BCUT2D eigenvalue weighted by Gasteiger charge is -2.07. The van der Waals surface area contributed by atoms with Crippen molar-refractivity contribution < 1.29 is 14.4 Å². The maximum Gasteiger partial charge on any atom is 0.372 e. The van der Waals surface area contributed by atoms with Crippen molar-refractivity contribution in [1.29, 1.82) is 0 Å². The fourth-order valence-electron chi connectivity index (χ4n) is 1.45. The first-order valence-corrected chi connectivity index (χ1v) is 7.32. The van der Waals surface area contributed by atoms with Crippen molar-refractivity contribution in [3.8, 4) is 5.75 Å². The van der Waals surface area contributed by atoms with E-state index in [1.807, 2.05) is 0 Å². The summed E-state index contributed by atoms with van der Waals surface area (Å²) in [5, 5.41) is 4.25. The number of ether oxygens (including phenoxy) is 1. The van der Waals surface area contributed by atoms with Crippen LogP contribution in [0.1, 0.15) is 5.56 Å². The molecule has 0 fully saturated rings. The first kappa shape index (κ1) is 17.3. The zero-order chi connectivity index (χ0) is 16.8. The van der Waals surface area contributed by atoms with Gasteiger partial charge < -0.3 is 15.3 Å². The second-order valence-corrected chi connectivity index (χ2v) is 5.39. The third-order valence-electron chi connectivity index (χ3n) is 2.52. The number of amidine groups is 1. The Morgan fingerprint density at radius 2 is 1.96 bits per heavy atom. The SMILES string of the molecule is NC(=NOC(=O)COc1cc(Cl)c(Cl)cc1Cl)c1cccnc1. The molecule has 0 bridgehead atoms. The lowest BCUT2D eigenvalue weighted by Crippen LogP contribution is -2.18. The van der Waals surface area contributed by atoms with Crippen LogP contribution in [0.15, 0.2) is 41.8 Å². The van der Waals surface area contributed by atoms with Crippen LogP contribution in [0, 0.1) is 0 Å². The minimum atomic E-state index is -0.765. The molecule has 0 amide bonds. The number of oxime groups is 1. The van der Waals surface area contributed by atoms with E-state index in [4.69, 9.17) is 45.3 Å². The Hall–Kier alpha value is -2.02. The zero-order valence-electron chi connectivity index (χ0n) is 11.5. The minimum absolute atomic E-state index is 0.0130. The zero-order valence-corrected chi connectivity index (χ0v) is 13.8. The lowest BCUT2D eigenvalue weighted by molar-refractivity contribution is -0.146. The van der Waals surface area contributed by atoms with E-state index in [0.29, 0.717) is 5.56 Å². The number of rotatable bonds is 5. The van der Waals surface area contributed by atoms with Crippen LogP contribution >= 0.6 is 34.8 Å². The summed E-state index contributed by atoms with van der Waals surface area (Å²) in [6.07, 6.45) is 3.07. The summed E-state index contributed by atoms with van der Waals surface area (Å²) in [5.74, 6) is -0.555. The first-order valence-electron chi connectivity index (χ1n) is 6.18. The molecular formula is C14H10Cl3N3O3. The van der Waals surface area contributed by atoms with Gasteiger partial charge in [0.05, 0.1) is 15.1 Å². The van der Waals surface area contributed by atoms with Gasteiger partial charge in [-0.05, 0) is 18.2 Å². The Morgan fingerprint density at radius 3 is 2.65 bits per heavy atom. The van der Waals surface area contributed by atoms with Gasteiger partial charge in [0.15, 0.2) is 12.4 Å². The Bertz CT molecular complexity index is 739. The number of aromatic nitrogens is 1. The molecule has 0 saturated carbocycles. The van der Waals surface area contributed by atoms with Crippen molar-refractivity contribution in [2.24, 2.45) is 10.9 Å². The third kappa shape index (κ3) is 4.99. The van der Waals surface area contributed by atoms with Gasteiger partial charge in [-0.25, -0.2) is 4.79 Å². The van der Waals surface area contributed by atoms with E-state index >= 15 is 0 Å². The Balaban J connectivity index is 1.92. The van der Waals surface area contributed by atoms with Crippen molar-refractivity contribution in [1.82, 2.24) is 4.98 Å². The van der Waals surface area contributed by atoms with Crippen LogP contribution < -0.4 is 10.5 Å². The van der Waals surface area contributed by atoms with Crippen LogP contribution in [-0.4, -0.2) is 23.4 Å². The number of benzene rings is 1. The monoisotopic (exact) mass is 373 g/mol. The number of pyridine rings is 1. The summed E-state index contributed by atoms with van der Waals surface area (Å²) in [6.45, 7) is -0.429. The summed E-state index contributed by atoms with van der Waals surface area (Å²) < 4.78 is 5.20. The van der Waals surface area contributed by atoms with E-state index < -0.39 is 12.6 Å². The molecule has 120 valence electrons. The van der Waals surface area contributed by atoms with Gasteiger partial charge in [0.25, 0.3) is 0 Å². The highest BCUT2D eigenvalue weighted by atomic mass is 35.5. The van der Waals surface area contributed by atoms with Gasteiger partial charge in [-0.3, -0.25) is 4.98 Å². The van der Waals surface area contributed by atoms with Crippen LogP contribution in [0.4, 0.5) is 0 Å². The van der Waals surface area contributed by atoms with E-state index in [2.05, 4.69) is 15.0 Å². The Labute approximate surface area is 146 Å². The quantitative estimate of drug-likeness (QED) is 0.285. The molecular weight excluding hydrogens is 365 g/mol. The summed E-state index contributed by atoms with van der Waals surface area (Å²) in [4.78, 5) is 20.1. The number of nitrogens with two attached hydrogens (primary N) is 1. The molecule has 0 spiro atoms.